The third kappa shape index (κ3) is 1.90. The molecule has 100 valence electrons. The first-order valence-electron chi connectivity index (χ1n) is 5.94. The van der Waals surface area contributed by atoms with Crippen LogP contribution in [0.4, 0.5) is 8.78 Å². The normalized spacial score (nSPS) is 31.2. The second-order valence-electron chi connectivity index (χ2n) is 4.92. The third-order valence-corrected chi connectivity index (χ3v) is 3.66. The zero-order valence-corrected chi connectivity index (χ0v) is 9.90. The zero-order valence-electron chi connectivity index (χ0n) is 9.90. The first kappa shape index (κ1) is 12.2. The van der Waals surface area contributed by atoms with E-state index in [0.29, 0.717) is 24.8 Å². The first-order chi connectivity index (χ1) is 8.94. The summed E-state index contributed by atoms with van der Waals surface area (Å²) in [4.78, 5) is 0. The highest BCUT2D eigenvalue weighted by molar-refractivity contribution is 5.49. The lowest BCUT2D eigenvalue weighted by Crippen LogP contribution is -2.26. The van der Waals surface area contributed by atoms with Gasteiger partial charge in [-0.15, -0.1) is 8.78 Å². The summed E-state index contributed by atoms with van der Waals surface area (Å²) in [7, 11) is 0. The number of nitrogens with zero attached hydrogens (tertiary/aromatic N) is 1. The molecule has 1 aromatic carbocycles. The Labute approximate surface area is 108 Å². The standard InChI is InChI=1S/C13H11F2NO3/c14-13(15)18-10-2-1-8(5-11(10)19-13)12(7-16)4-3-9(17)6-12/h1-2,5,9,17H,3-4,6H2. The Hall–Kier alpha value is -1.87. The molecule has 3 rings (SSSR count). The summed E-state index contributed by atoms with van der Waals surface area (Å²) >= 11 is 0. The maximum absolute atomic E-state index is 12.9. The van der Waals surface area contributed by atoms with Crippen LogP contribution in [-0.4, -0.2) is 17.5 Å². The fraction of sp³-hybridized carbons (Fsp3) is 0.462. The molecule has 2 atom stereocenters. The van der Waals surface area contributed by atoms with Crippen molar-refractivity contribution < 1.29 is 23.4 Å². The molecule has 0 spiro atoms. The molecule has 0 aromatic heterocycles. The highest BCUT2D eigenvalue weighted by atomic mass is 19.3. The van der Waals surface area contributed by atoms with Crippen LogP contribution in [0.2, 0.25) is 0 Å². The minimum Gasteiger partial charge on any atom is -0.395 e. The molecule has 0 amide bonds. The molecule has 1 fully saturated rings. The predicted molar refractivity (Wildman–Crippen MR) is 59.8 cm³/mol. The van der Waals surface area contributed by atoms with Crippen LogP contribution in [0.25, 0.3) is 0 Å². The lowest BCUT2D eigenvalue weighted by Gasteiger charge is -2.20. The van der Waals surface area contributed by atoms with E-state index < -0.39 is 17.8 Å². The molecule has 2 aliphatic rings. The Balaban J connectivity index is 1.98. The summed E-state index contributed by atoms with van der Waals surface area (Å²) in [6, 6.07) is 6.54. The SMILES string of the molecule is N#CC1(c2ccc3c(c2)OC(F)(F)O3)CCC(O)C1. The van der Waals surface area contributed by atoms with Crippen LogP contribution in [-0.2, 0) is 5.41 Å². The van der Waals surface area contributed by atoms with Crippen molar-refractivity contribution in [3.8, 4) is 17.6 Å². The van der Waals surface area contributed by atoms with Crippen molar-refractivity contribution in [2.24, 2.45) is 0 Å². The molecule has 1 saturated carbocycles. The van der Waals surface area contributed by atoms with E-state index in [9.17, 15) is 19.1 Å². The molecule has 1 N–H and O–H groups in total. The first-order valence-corrected chi connectivity index (χ1v) is 5.94. The number of aliphatic hydroxyl groups excluding tert-OH is 1. The van der Waals surface area contributed by atoms with E-state index in [2.05, 4.69) is 15.5 Å². The van der Waals surface area contributed by atoms with Crippen LogP contribution in [0, 0.1) is 11.3 Å². The average molecular weight is 267 g/mol. The molecular formula is C13H11F2NO3. The maximum Gasteiger partial charge on any atom is 0.586 e. The van der Waals surface area contributed by atoms with Crippen molar-refractivity contribution in [3.63, 3.8) is 0 Å². The number of hydrogen-bond donors (Lipinski definition) is 1. The van der Waals surface area contributed by atoms with Crippen LogP contribution in [0.3, 0.4) is 0 Å². The van der Waals surface area contributed by atoms with Crippen molar-refractivity contribution in [1.29, 1.82) is 5.26 Å². The van der Waals surface area contributed by atoms with E-state index in [1.807, 2.05) is 0 Å². The second-order valence-corrected chi connectivity index (χ2v) is 4.92. The van der Waals surface area contributed by atoms with Gasteiger partial charge in [0.15, 0.2) is 11.5 Å². The predicted octanol–water partition coefficient (Wildman–Crippen LogP) is 2.31. The number of fused-ring (bicyclic) bond motifs is 1. The van der Waals surface area contributed by atoms with Gasteiger partial charge in [-0.05, 0) is 37.0 Å². The van der Waals surface area contributed by atoms with Crippen molar-refractivity contribution in [1.82, 2.24) is 0 Å². The highest BCUT2D eigenvalue weighted by Crippen LogP contribution is 2.46. The van der Waals surface area contributed by atoms with Crippen molar-refractivity contribution in [3.05, 3.63) is 23.8 Å². The molecule has 6 heteroatoms. The fourth-order valence-electron chi connectivity index (χ4n) is 2.69. The molecule has 4 nitrogen and oxygen atoms in total. The van der Waals surface area contributed by atoms with Crippen molar-refractivity contribution >= 4 is 0 Å². The third-order valence-electron chi connectivity index (χ3n) is 3.66. The Morgan fingerprint density at radius 1 is 1.32 bits per heavy atom. The number of halogens is 2. The maximum atomic E-state index is 12.9. The monoisotopic (exact) mass is 267 g/mol. The van der Waals surface area contributed by atoms with E-state index in [4.69, 9.17) is 0 Å². The van der Waals surface area contributed by atoms with E-state index >= 15 is 0 Å². The largest absolute Gasteiger partial charge is 0.586 e. The van der Waals surface area contributed by atoms with Crippen LogP contribution in [0.1, 0.15) is 24.8 Å². The van der Waals surface area contributed by atoms with Crippen LogP contribution < -0.4 is 9.47 Å². The van der Waals surface area contributed by atoms with E-state index in [-0.39, 0.29) is 11.5 Å². The number of aliphatic hydroxyl groups is 1. The topological polar surface area (TPSA) is 62.5 Å². The molecule has 1 aliphatic heterocycles. The smallest absolute Gasteiger partial charge is 0.395 e. The summed E-state index contributed by atoms with van der Waals surface area (Å²) in [5, 5.41) is 19.0. The van der Waals surface area contributed by atoms with Gasteiger partial charge < -0.3 is 14.6 Å². The van der Waals surface area contributed by atoms with Gasteiger partial charge in [-0.25, -0.2) is 0 Å². The Morgan fingerprint density at radius 2 is 2.05 bits per heavy atom. The summed E-state index contributed by atoms with van der Waals surface area (Å²) in [5.41, 5.74) is -0.262. The molecule has 19 heavy (non-hydrogen) atoms. The molecule has 0 saturated heterocycles. The van der Waals surface area contributed by atoms with Gasteiger partial charge >= 0.3 is 6.29 Å². The number of benzene rings is 1. The fourth-order valence-corrected chi connectivity index (χ4v) is 2.69. The van der Waals surface area contributed by atoms with E-state index in [0.717, 1.165) is 0 Å². The summed E-state index contributed by atoms with van der Waals surface area (Å²) < 4.78 is 34.6. The van der Waals surface area contributed by atoms with Crippen LogP contribution >= 0.6 is 0 Å². The Bertz CT molecular complexity index is 569. The molecule has 1 aliphatic carbocycles. The Morgan fingerprint density at radius 3 is 2.68 bits per heavy atom. The highest BCUT2D eigenvalue weighted by Gasteiger charge is 2.45. The Kier molecular flexibility index (Phi) is 2.44. The number of hydrogen-bond acceptors (Lipinski definition) is 4. The molecule has 0 radical (unpaired) electrons. The lowest BCUT2D eigenvalue weighted by molar-refractivity contribution is -0.286. The van der Waals surface area contributed by atoms with Gasteiger partial charge in [0.2, 0.25) is 0 Å². The molecular weight excluding hydrogens is 256 g/mol. The second kappa shape index (κ2) is 3.81. The van der Waals surface area contributed by atoms with Crippen molar-refractivity contribution in [2.75, 3.05) is 0 Å². The van der Waals surface area contributed by atoms with Crippen LogP contribution in [0.5, 0.6) is 11.5 Å². The number of alkyl halides is 2. The number of rotatable bonds is 1. The summed E-state index contributed by atoms with van der Waals surface area (Å²) in [5.74, 6) is -0.112. The number of ether oxygens (including phenoxy) is 2. The minimum absolute atomic E-state index is 0.0413. The van der Waals surface area contributed by atoms with Gasteiger partial charge in [0.05, 0.1) is 17.6 Å². The van der Waals surface area contributed by atoms with Gasteiger partial charge in [-0.2, -0.15) is 5.26 Å². The summed E-state index contributed by atoms with van der Waals surface area (Å²) in [6.45, 7) is 0. The minimum atomic E-state index is -3.66. The average Bonchev–Trinajstić information content (AvgIpc) is 2.87. The van der Waals surface area contributed by atoms with E-state index in [1.165, 1.54) is 12.1 Å². The quantitative estimate of drug-likeness (QED) is 0.848. The number of nitriles is 1. The van der Waals surface area contributed by atoms with Gasteiger partial charge in [0, 0.05) is 0 Å². The molecule has 1 aromatic rings. The zero-order chi connectivity index (χ0) is 13.7. The molecule has 0 bridgehead atoms. The summed E-state index contributed by atoms with van der Waals surface area (Å²) in [6.07, 6.45) is -2.86. The van der Waals surface area contributed by atoms with Gasteiger partial charge in [0.25, 0.3) is 0 Å². The van der Waals surface area contributed by atoms with Gasteiger partial charge in [-0.1, -0.05) is 6.07 Å². The van der Waals surface area contributed by atoms with Crippen LogP contribution in [0.15, 0.2) is 18.2 Å². The lowest BCUT2D eigenvalue weighted by atomic mass is 9.80. The molecule has 2 unspecified atom stereocenters. The van der Waals surface area contributed by atoms with Gasteiger partial charge in [0.1, 0.15) is 0 Å². The van der Waals surface area contributed by atoms with Crippen molar-refractivity contribution in [2.45, 2.75) is 37.1 Å². The van der Waals surface area contributed by atoms with E-state index in [1.54, 1.807) is 6.07 Å². The molecule has 1 heterocycles. The van der Waals surface area contributed by atoms with Gasteiger partial charge in [-0.3, -0.25) is 0 Å².